The molecule has 0 saturated heterocycles. The van der Waals surface area contributed by atoms with Crippen LogP contribution in [0, 0.1) is 0 Å². The van der Waals surface area contributed by atoms with Gasteiger partial charge in [0.25, 0.3) is 0 Å². The van der Waals surface area contributed by atoms with Crippen molar-refractivity contribution in [3.8, 4) is 5.75 Å². The minimum absolute atomic E-state index is 0.00164. The standard InChI is InChI=1S/C26H39N5O9/c1-15(21(34)29-14-20(33)28-13-19(27)32)30-22(35)18(31-23(36)39-25(2,3)4)12-16-8-10-17(11-9-16)38-24(37)40-26(5,6)7/h8-11,15,18H,12-14H2,1-7H3,(H2,27,32)(H,28,33)(H,29,34)(H,30,35)(H,31,36). The Morgan fingerprint density at radius 2 is 1.38 bits per heavy atom. The molecule has 0 saturated carbocycles. The van der Waals surface area contributed by atoms with Crippen LogP contribution in [0.3, 0.4) is 0 Å². The predicted molar refractivity (Wildman–Crippen MR) is 143 cm³/mol. The molecule has 1 aromatic carbocycles. The number of primary amides is 1. The molecule has 0 spiro atoms. The van der Waals surface area contributed by atoms with Crippen molar-refractivity contribution in [1.82, 2.24) is 21.3 Å². The van der Waals surface area contributed by atoms with Gasteiger partial charge in [0.1, 0.15) is 29.0 Å². The molecular weight excluding hydrogens is 526 g/mol. The zero-order valence-corrected chi connectivity index (χ0v) is 23.8. The number of carbonyl (C=O) groups excluding carboxylic acids is 6. The molecule has 0 radical (unpaired) electrons. The highest BCUT2D eigenvalue weighted by atomic mass is 16.7. The van der Waals surface area contributed by atoms with Crippen molar-refractivity contribution in [3.63, 3.8) is 0 Å². The van der Waals surface area contributed by atoms with E-state index in [1.165, 1.54) is 19.1 Å². The molecule has 5 amide bonds. The fraction of sp³-hybridized carbons (Fsp3) is 0.538. The van der Waals surface area contributed by atoms with E-state index in [-0.39, 0.29) is 18.7 Å². The number of rotatable bonds is 11. The van der Waals surface area contributed by atoms with E-state index < -0.39 is 65.7 Å². The van der Waals surface area contributed by atoms with Crippen molar-refractivity contribution in [1.29, 1.82) is 0 Å². The summed E-state index contributed by atoms with van der Waals surface area (Å²) in [6, 6.07) is 3.96. The lowest BCUT2D eigenvalue weighted by Crippen LogP contribution is -2.54. The number of benzene rings is 1. The Kier molecular flexibility index (Phi) is 12.4. The van der Waals surface area contributed by atoms with Crippen molar-refractivity contribution in [2.45, 2.75) is 78.2 Å². The molecule has 0 bridgehead atoms. The second-order valence-corrected chi connectivity index (χ2v) is 10.8. The number of carbonyl (C=O) groups is 6. The van der Waals surface area contributed by atoms with E-state index in [2.05, 4.69) is 21.3 Å². The van der Waals surface area contributed by atoms with Crippen LogP contribution < -0.4 is 31.7 Å². The largest absolute Gasteiger partial charge is 0.514 e. The number of hydrogen-bond donors (Lipinski definition) is 5. The van der Waals surface area contributed by atoms with Crippen LogP contribution in [0.4, 0.5) is 9.59 Å². The maximum atomic E-state index is 13.0. The second-order valence-electron chi connectivity index (χ2n) is 10.8. The predicted octanol–water partition coefficient (Wildman–Crippen LogP) is 0.659. The Bertz CT molecular complexity index is 1080. The zero-order chi connectivity index (χ0) is 30.7. The summed E-state index contributed by atoms with van der Waals surface area (Å²) in [5, 5.41) is 9.53. The van der Waals surface area contributed by atoms with Crippen LogP contribution in [-0.4, -0.2) is 72.3 Å². The molecule has 0 aliphatic heterocycles. The van der Waals surface area contributed by atoms with E-state index in [1.807, 2.05) is 0 Å². The summed E-state index contributed by atoms with van der Waals surface area (Å²) in [5.74, 6) is -2.55. The lowest BCUT2D eigenvalue weighted by Gasteiger charge is -2.24. The van der Waals surface area contributed by atoms with Gasteiger partial charge in [-0.2, -0.15) is 0 Å². The molecule has 2 atom stereocenters. The monoisotopic (exact) mass is 565 g/mol. The van der Waals surface area contributed by atoms with Crippen molar-refractivity contribution >= 4 is 35.9 Å². The van der Waals surface area contributed by atoms with Gasteiger partial charge in [0.05, 0.1) is 13.1 Å². The van der Waals surface area contributed by atoms with E-state index in [9.17, 15) is 28.8 Å². The lowest BCUT2D eigenvalue weighted by molar-refractivity contribution is -0.131. The fourth-order valence-corrected chi connectivity index (χ4v) is 2.90. The van der Waals surface area contributed by atoms with Gasteiger partial charge in [0.2, 0.25) is 23.6 Å². The van der Waals surface area contributed by atoms with E-state index in [1.54, 1.807) is 53.7 Å². The first kappa shape index (κ1) is 33.7. The van der Waals surface area contributed by atoms with E-state index in [0.29, 0.717) is 5.56 Å². The lowest BCUT2D eigenvalue weighted by atomic mass is 10.0. The maximum absolute atomic E-state index is 13.0. The third kappa shape index (κ3) is 14.5. The van der Waals surface area contributed by atoms with Crippen molar-refractivity contribution in [2.24, 2.45) is 5.73 Å². The highest BCUT2D eigenvalue weighted by Gasteiger charge is 2.27. The van der Waals surface area contributed by atoms with Crippen molar-refractivity contribution in [3.05, 3.63) is 29.8 Å². The van der Waals surface area contributed by atoms with Gasteiger partial charge in [-0.25, -0.2) is 9.59 Å². The molecule has 0 fully saturated rings. The Morgan fingerprint density at radius 1 is 0.800 bits per heavy atom. The topological polar surface area (TPSA) is 204 Å². The maximum Gasteiger partial charge on any atom is 0.514 e. The quantitative estimate of drug-likeness (QED) is 0.188. The number of nitrogens with one attached hydrogen (secondary N) is 4. The molecule has 6 N–H and O–H groups in total. The van der Waals surface area contributed by atoms with Gasteiger partial charge >= 0.3 is 12.2 Å². The SMILES string of the molecule is CC(NC(=O)C(Cc1ccc(OC(=O)OC(C)(C)C)cc1)NC(=O)OC(C)(C)C)C(=O)NCC(=O)NCC(N)=O. The molecule has 14 heteroatoms. The van der Waals surface area contributed by atoms with Gasteiger partial charge in [0, 0.05) is 6.42 Å². The van der Waals surface area contributed by atoms with Crippen molar-refractivity contribution < 1.29 is 43.0 Å². The summed E-state index contributed by atoms with van der Waals surface area (Å²) in [6.07, 6.45) is -1.72. The van der Waals surface area contributed by atoms with Gasteiger partial charge in [-0.3, -0.25) is 19.2 Å². The van der Waals surface area contributed by atoms with Crippen molar-refractivity contribution in [2.75, 3.05) is 13.1 Å². The highest BCUT2D eigenvalue weighted by molar-refractivity contribution is 5.93. The average molecular weight is 566 g/mol. The molecular formula is C26H39N5O9. The highest BCUT2D eigenvalue weighted by Crippen LogP contribution is 2.17. The van der Waals surface area contributed by atoms with Crippen LogP contribution in [0.1, 0.15) is 54.0 Å². The molecule has 14 nitrogen and oxygen atoms in total. The number of nitrogens with two attached hydrogens (primary N) is 1. The van der Waals surface area contributed by atoms with Crippen LogP contribution >= 0.6 is 0 Å². The summed E-state index contributed by atoms with van der Waals surface area (Å²) < 4.78 is 15.5. The number of hydrogen-bond acceptors (Lipinski definition) is 9. The van der Waals surface area contributed by atoms with Gasteiger partial charge in [-0.15, -0.1) is 0 Å². The Hall–Kier alpha value is -4.36. The normalized spacial score (nSPS) is 12.7. The summed E-state index contributed by atoms with van der Waals surface area (Å²) >= 11 is 0. The second kappa shape index (κ2) is 14.7. The average Bonchev–Trinajstić information content (AvgIpc) is 2.79. The first-order chi connectivity index (χ1) is 18.3. The van der Waals surface area contributed by atoms with Gasteiger partial charge in [-0.1, -0.05) is 12.1 Å². The molecule has 0 aromatic heterocycles. The number of alkyl carbamates (subject to hydrolysis) is 1. The summed E-state index contributed by atoms with van der Waals surface area (Å²) in [5.41, 5.74) is 3.99. The molecule has 0 aliphatic carbocycles. The van der Waals surface area contributed by atoms with E-state index in [4.69, 9.17) is 19.9 Å². The summed E-state index contributed by atoms with van der Waals surface area (Å²) in [7, 11) is 0. The molecule has 2 unspecified atom stereocenters. The van der Waals surface area contributed by atoms with E-state index in [0.717, 1.165) is 0 Å². The smallest absolute Gasteiger partial charge is 0.444 e. The summed E-state index contributed by atoms with van der Waals surface area (Å²) in [6.45, 7) is 10.7. The molecule has 222 valence electrons. The molecule has 40 heavy (non-hydrogen) atoms. The van der Waals surface area contributed by atoms with Crippen LogP contribution in [0.25, 0.3) is 0 Å². The number of amides is 5. The van der Waals surface area contributed by atoms with Gasteiger partial charge in [0.15, 0.2) is 0 Å². The molecule has 1 rings (SSSR count). The van der Waals surface area contributed by atoms with Gasteiger partial charge < -0.3 is 41.2 Å². The third-order valence-corrected chi connectivity index (χ3v) is 4.60. The van der Waals surface area contributed by atoms with E-state index >= 15 is 0 Å². The first-order valence-corrected chi connectivity index (χ1v) is 12.5. The minimum Gasteiger partial charge on any atom is -0.444 e. The molecule has 0 aliphatic rings. The Morgan fingerprint density at radius 3 is 1.90 bits per heavy atom. The Labute approximate surface area is 233 Å². The molecule has 1 aromatic rings. The van der Waals surface area contributed by atoms with Crippen LogP contribution in [-0.2, 0) is 35.1 Å². The summed E-state index contributed by atoms with van der Waals surface area (Å²) in [4.78, 5) is 72.1. The van der Waals surface area contributed by atoms with Gasteiger partial charge in [-0.05, 0) is 66.2 Å². The zero-order valence-electron chi connectivity index (χ0n) is 23.8. The Balaban J connectivity index is 2.89. The van der Waals surface area contributed by atoms with Crippen LogP contribution in [0.5, 0.6) is 5.75 Å². The fourth-order valence-electron chi connectivity index (χ4n) is 2.90. The number of ether oxygens (including phenoxy) is 3. The first-order valence-electron chi connectivity index (χ1n) is 12.5. The molecule has 0 heterocycles. The van der Waals surface area contributed by atoms with Crippen LogP contribution in [0.2, 0.25) is 0 Å². The van der Waals surface area contributed by atoms with Crippen LogP contribution in [0.15, 0.2) is 24.3 Å². The minimum atomic E-state index is -1.15. The third-order valence-electron chi connectivity index (χ3n) is 4.60.